The molecule has 3 N–H and O–H groups in total. The quantitative estimate of drug-likeness (QED) is 0.202. The second-order valence-electron chi connectivity index (χ2n) is 13.0. The van der Waals surface area contributed by atoms with E-state index in [1.807, 2.05) is 18.0 Å². The van der Waals surface area contributed by atoms with Gasteiger partial charge < -0.3 is 54.0 Å². The van der Waals surface area contributed by atoms with E-state index in [2.05, 4.69) is 21.7 Å². The van der Waals surface area contributed by atoms with Crippen molar-refractivity contribution in [1.82, 2.24) is 29.2 Å². The molecule has 2 fully saturated rings. The smallest absolute Gasteiger partial charge is 0.329 e. The van der Waals surface area contributed by atoms with Gasteiger partial charge in [0.2, 0.25) is 6.29 Å². The second-order valence-corrected chi connectivity index (χ2v) is 13.8. The van der Waals surface area contributed by atoms with Crippen molar-refractivity contribution in [2.24, 2.45) is 5.92 Å². The van der Waals surface area contributed by atoms with Crippen LogP contribution < -0.4 is 9.64 Å². The zero-order valence-electron chi connectivity index (χ0n) is 29.3. The molecule has 0 bridgehead atoms. The maximum atomic E-state index is 13.6. The normalized spacial score (nSPS) is 23.1. The zero-order valence-corrected chi connectivity index (χ0v) is 30.9. The molecule has 52 heavy (non-hydrogen) atoms. The first kappa shape index (κ1) is 38.9. The molecule has 0 spiro atoms. The number of halogens is 1. The Kier molecular flexibility index (Phi) is 12.7. The van der Waals surface area contributed by atoms with Crippen molar-refractivity contribution in [3.63, 3.8) is 0 Å². The molecular formula is C34H43ClN8O8S. The minimum atomic E-state index is -1.46. The Morgan fingerprint density at radius 3 is 2.62 bits per heavy atom. The van der Waals surface area contributed by atoms with Crippen LogP contribution in [-0.2, 0) is 20.9 Å². The van der Waals surface area contributed by atoms with Gasteiger partial charge in [-0.3, -0.25) is 9.36 Å². The highest BCUT2D eigenvalue weighted by molar-refractivity contribution is 7.80. The van der Waals surface area contributed by atoms with Crippen molar-refractivity contribution >= 4 is 57.8 Å². The van der Waals surface area contributed by atoms with Gasteiger partial charge in [-0.15, -0.1) is 0 Å². The molecule has 16 nitrogen and oxygen atoms in total. The van der Waals surface area contributed by atoms with Crippen LogP contribution in [0.25, 0.3) is 15.9 Å². The molecule has 5 rings (SSSR count). The van der Waals surface area contributed by atoms with Crippen LogP contribution in [-0.4, -0.2) is 153 Å². The molecule has 0 unspecified atom stereocenters. The third-order valence-electron chi connectivity index (χ3n) is 9.45. The van der Waals surface area contributed by atoms with Crippen molar-refractivity contribution in [2.75, 3.05) is 65.4 Å². The number of fused-ring (bicyclic) bond motifs is 1. The predicted molar refractivity (Wildman–Crippen MR) is 195 cm³/mol. The lowest BCUT2D eigenvalue weighted by Gasteiger charge is -2.41. The first-order chi connectivity index (χ1) is 24.8. The van der Waals surface area contributed by atoms with Gasteiger partial charge in [-0.2, -0.15) is 0 Å². The zero-order chi connectivity index (χ0) is 37.7. The molecule has 0 aliphatic carbocycles. The number of aromatic nitrogens is 3. The Hall–Kier alpha value is -4.31. The lowest BCUT2D eigenvalue weighted by atomic mass is 9.92. The van der Waals surface area contributed by atoms with E-state index >= 15 is 0 Å². The number of nitrogens with zero attached hydrogens (tertiary/aromatic N) is 8. The highest BCUT2D eigenvalue weighted by atomic mass is 35.5. The summed E-state index contributed by atoms with van der Waals surface area (Å²) in [7, 11) is 5.37. The number of aliphatic hydroxyl groups is 3. The Morgan fingerprint density at radius 2 is 1.88 bits per heavy atom. The Morgan fingerprint density at radius 1 is 1.13 bits per heavy atom. The molecule has 2 aromatic heterocycles. The summed E-state index contributed by atoms with van der Waals surface area (Å²) in [5, 5.41) is 30.8. The Labute approximate surface area is 311 Å². The van der Waals surface area contributed by atoms with Gasteiger partial charge in [0.1, 0.15) is 42.8 Å². The highest BCUT2D eigenvalue weighted by Gasteiger charge is 2.39. The number of amides is 2. The van der Waals surface area contributed by atoms with E-state index < -0.39 is 24.6 Å². The summed E-state index contributed by atoms with van der Waals surface area (Å²) in [6.07, 6.45) is -1.38. The fraction of sp³-hybridized carbons (Fsp3) is 0.529. The summed E-state index contributed by atoms with van der Waals surface area (Å²) in [5.74, 6) is 0.969. The number of likely N-dealkylation sites (N-methyl/N-ethyl adjacent to an activating group) is 3. The maximum absolute atomic E-state index is 13.6. The van der Waals surface area contributed by atoms with Crippen LogP contribution in [0, 0.1) is 12.5 Å². The van der Waals surface area contributed by atoms with E-state index in [9.17, 15) is 24.9 Å². The number of piperidine rings is 1. The first-order valence-corrected chi connectivity index (χ1v) is 17.5. The number of rotatable bonds is 10. The lowest BCUT2D eigenvalue weighted by molar-refractivity contribution is -0.242. The molecule has 6 atom stereocenters. The first-order valence-electron chi connectivity index (χ1n) is 16.7. The van der Waals surface area contributed by atoms with E-state index in [1.165, 1.54) is 10.9 Å². The number of carbonyl (C=O) groups excluding carboxylic acids is 2. The molecule has 2 aliphatic heterocycles. The van der Waals surface area contributed by atoms with Crippen LogP contribution in [0.3, 0.4) is 0 Å². The number of benzene rings is 1. The molecule has 280 valence electrons. The van der Waals surface area contributed by atoms with E-state index in [0.29, 0.717) is 48.6 Å². The van der Waals surface area contributed by atoms with Gasteiger partial charge >= 0.3 is 11.9 Å². The average molecular weight is 759 g/mol. The number of hydrogen-bond donors (Lipinski definition) is 3. The molecule has 4 heterocycles. The number of hydrogen-bond acceptors (Lipinski definition) is 12. The van der Waals surface area contributed by atoms with Crippen molar-refractivity contribution < 1.29 is 39.1 Å². The summed E-state index contributed by atoms with van der Waals surface area (Å²) in [6, 6.07) is 6.38. The number of ether oxygens (including phenoxy) is 3. The highest BCUT2D eigenvalue weighted by Crippen LogP contribution is 2.31. The van der Waals surface area contributed by atoms with E-state index in [0.717, 1.165) is 6.42 Å². The molecule has 0 radical (unpaired) electrons. The van der Waals surface area contributed by atoms with Crippen molar-refractivity contribution in [3.8, 4) is 5.75 Å². The molecule has 1 aromatic carbocycles. The predicted octanol–water partition coefficient (Wildman–Crippen LogP) is 1.83. The third-order valence-corrected chi connectivity index (χ3v) is 10.2. The lowest BCUT2D eigenvalue weighted by Crippen LogP contribution is -2.54. The van der Waals surface area contributed by atoms with Crippen LogP contribution in [0.1, 0.15) is 18.9 Å². The van der Waals surface area contributed by atoms with Gasteiger partial charge in [-0.25, -0.2) is 21.3 Å². The monoisotopic (exact) mass is 758 g/mol. The van der Waals surface area contributed by atoms with Crippen LogP contribution in [0.2, 0.25) is 5.02 Å². The number of anilines is 1. The summed E-state index contributed by atoms with van der Waals surface area (Å²) in [4.78, 5) is 45.3. The molecule has 2 aliphatic rings. The van der Waals surface area contributed by atoms with Crippen molar-refractivity contribution in [1.29, 1.82) is 0 Å². The van der Waals surface area contributed by atoms with Crippen LogP contribution in [0.5, 0.6) is 5.75 Å². The number of carbonyl (C=O) groups is 2. The molecular weight excluding hydrogens is 716 g/mol. The third kappa shape index (κ3) is 8.65. The molecule has 2 amide bonds. The second kappa shape index (κ2) is 17.0. The molecule has 0 saturated carbocycles. The van der Waals surface area contributed by atoms with Gasteiger partial charge in [-0.1, -0.05) is 24.6 Å². The summed E-state index contributed by atoms with van der Waals surface area (Å²) < 4.78 is 18.2. The SMILES string of the molecule is [C-]#[N+]CC(=O)N1CC[C@@H](C)[C@@H](N(C)c2ncnc3c2ccn3C(=O)N(C)CCN(C)C(=S)OCc2ccc(O[C@@H]3OC[C@@H](O)[C@H](O)[C@H]3O)c(Cl)c2)C1. The largest absolute Gasteiger partial charge is 0.466 e. The van der Waals surface area contributed by atoms with Gasteiger partial charge in [0.15, 0.2) is 5.65 Å². The fourth-order valence-corrected chi connectivity index (χ4v) is 6.54. The molecule has 3 aromatic rings. The summed E-state index contributed by atoms with van der Waals surface area (Å²) in [5.41, 5.74) is 1.15. The van der Waals surface area contributed by atoms with Crippen LogP contribution in [0.15, 0.2) is 36.8 Å². The summed E-state index contributed by atoms with van der Waals surface area (Å²) in [6.45, 7) is 10.7. The molecule has 18 heteroatoms. The minimum Gasteiger partial charge on any atom is -0.466 e. The van der Waals surface area contributed by atoms with Gasteiger partial charge in [-0.05, 0) is 48.3 Å². The topological polar surface area (TPSA) is 171 Å². The van der Waals surface area contributed by atoms with Gasteiger partial charge in [0.25, 0.3) is 11.7 Å². The van der Waals surface area contributed by atoms with Gasteiger partial charge in [0.05, 0.1) is 23.1 Å². The van der Waals surface area contributed by atoms with Gasteiger partial charge in [0, 0.05) is 53.5 Å². The maximum Gasteiger partial charge on any atom is 0.329 e. The average Bonchev–Trinajstić information content (AvgIpc) is 3.58. The number of aliphatic hydroxyl groups excluding tert-OH is 3. The Bertz CT molecular complexity index is 1810. The van der Waals surface area contributed by atoms with Crippen molar-refractivity contribution in [2.45, 2.75) is 50.6 Å². The van der Waals surface area contributed by atoms with E-state index in [1.54, 1.807) is 53.2 Å². The standard InChI is InChI=1S/C34H43ClN8O8S/c1-20-8-10-42(27(45)15-36-2)16-24(20)41(5)30-22-9-11-43(31(22)38-19-37-30)33(48)39(3)12-13-40(4)34(52)50-17-21-6-7-26(23(35)14-21)51-32-29(47)28(46)25(44)18-49-32/h6-7,9,11,14,19-20,24-25,28-29,32,44,46-47H,8,10,12-13,15-18H2,1,3-5H3/t20-,24+,25-,28+,29-,32+/m1/s1. The number of likely N-dealkylation sites (tertiary alicyclic amines) is 1. The van der Waals surface area contributed by atoms with Crippen LogP contribution in [0.4, 0.5) is 10.6 Å². The Balaban J connectivity index is 1.14. The van der Waals surface area contributed by atoms with Crippen LogP contribution >= 0.6 is 23.8 Å². The van der Waals surface area contributed by atoms with E-state index in [4.69, 9.17) is 44.6 Å². The van der Waals surface area contributed by atoms with Crippen molar-refractivity contribution in [3.05, 3.63) is 58.8 Å². The number of thiocarbonyl (C=S) groups is 1. The summed E-state index contributed by atoms with van der Waals surface area (Å²) >= 11 is 11.8. The fourth-order valence-electron chi connectivity index (χ4n) is 6.14. The van der Waals surface area contributed by atoms with E-state index in [-0.39, 0.29) is 59.6 Å². The minimum absolute atomic E-state index is 0.0287. The molecule has 2 saturated heterocycles.